The van der Waals surface area contributed by atoms with Crippen LogP contribution in [0, 0.1) is 0 Å². The molecule has 0 aliphatic carbocycles. The van der Waals surface area contributed by atoms with Gasteiger partial charge in [0.2, 0.25) is 5.91 Å². The van der Waals surface area contributed by atoms with Crippen molar-refractivity contribution in [3.63, 3.8) is 0 Å². The van der Waals surface area contributed by atoms with Gasteiger partial charge < -0.3 is 0 Å². The van der Waals surface area contributed by atoms with Crippen LogP contribution in [0.3, 0.4) is 0 Å². The standard InChI is InChI=1S/C28H22Cl2N2O4S/c1-17(33)31-25-15-14-24(20-4-3-5-23(16-20)37(2,35)36)28(34)32(25)27(19-8-12-22(30)13-9-19)26(31)18-6-10-21(29)11-7-18/h3-16,26-27H,1-2H3/t26-,27+/m1/s1. The number of carbonyl (C=O) groups excluding carboxylic acids is 1. The van der Waals surface area contributed by atoms with Crippen molar-refractivity contribution in [1.82, 2.24) is 4.57 Å². The molecule has 1 aliphatic heterocycles. The smallest absolute Gasteiger partial charge is 0.260 e. The Morgan fingerprint density at radius 3 is 1.92 bits per heavy atom. The largest absolute Gasteiger partial charge is 0.288 e. The van der Waals surface area contributed by atoms with Crippen molar-refractivity contribution in [2.75, 3.05) is 11.2 Å². The first kappa shape index (κ1) is 25.3. The Bertz CT molecular complexity index is 1680. The number of hydrogen-bond acceptors (Lipinski definition) is 4. The first-order chi connectivity index (χ1) is 17.6. The summed E-state index contributed by atoms with van der Waals surface area (Å²) in [6.07, 6.45) is 1.12. The summed E-state index contributed by atoms with van der Waals surface area (Å²) in [7, 11) is -3.47. The van der Waals surface area contributed by atoms with Crippen molar-refractivity contribution in [2.24, 2.45) is 0 Å². The van der Waals surface area contributed by atoms with Gasteiger partial charge in [-0.1, -0.05) is 59.6 Å². The van der Waals surface area contributed by atoms with Crippen molar-refractivity contribution in [1.29, 1.82) is 0 Å². The van der Waals surface area contributed by atoms with Crippen molar-refractivity contribution >= 4 is 44.8 Å². The quantitative estimate of drug-likeness (QED) is 0.314. The van der Waals surface area contributed by atoms with Crippen molar-refractivity contribution < 1.29 is 13.2 Å². The van der Waals surface area contributed by atoms with E-state index in [2.05, 4.69) is 0 Å². The minimum absolute atomic E-state index is 0.119. The Kier molecular flexibility index (Phi) is 6.48. The summed E-state index contributed by atoms with van der Waals surface area (Å²) in [5.41, 5.74) is 2.06. The third kappa shape index (κ3) is 4.59. The second-order valence-corrected chi connectivity index (χ2v) is 11.9. The Hall–Kier alpha value is -3.39. The fraction of sp³-hybridized carbons (Fsp3) is 0.143. The topological polar surface area (TPSA) is 76.5 Å². The number of halogens is 2. The average molecular weight is 553 g/mol. The molecule has 0 spiro atoms. The van der Waals surface area contributed by atoms with Crippen molar-refractivity contribution in [3.05, 3.63) is 116 Å². The number of amides is 1. The molecule has 1 aliphatic rings. The third-order valence-electron chi connectivity index (χ3n) is 6.53. The maximum absolute atomic E-state index is 14.1. The minimum Gasteiger partial charge on any atom is -0.288 e. The highest BCUT2D eigenvalue weighted by molar-refractivity contribution is 7.90. The molecular formula is C28H22Cl2N2O4S. The van der Waals surface area contributed by atoms with Gasteiger partial charge in [-0.05, 0) is 65.2 Å². The molecule has 1 aromatic heterocycles. The molecule has 0 fully saturated rings. The van der Waals surface area contributed by atoms with Crippen LogP contribution in [0.2, 0.25) is 10.0 Å². The lowest BCUT2D eigenvalue weighted by atomic mass is 9.93. The van der Waals surface area contributed by atoms with Crippen LogP contribution in [0.5, 0.6) is 0 Å². The predicted molar refractivity (Wildman–Crippen MR) is 146 cm³/mol. The van der Waals surface area contributed by atoms with Gasteiger partial charge in [-0.15, -0.1) is 0 Å². The number of pyridine rings is 1. The first-order valence-electron chi connectivity index (χ1n) is 11.4. The van der Waals surface area contributed by atoms with Crippen molar-refractivity contribution in [2.45, 2.75) is 23.9 Å². The van der Waals surface area contributed by atoms with Gasteiger partial charge in [-0.25, -0.2) is 8.42 Å². The summed E-state index contributed by atoms with van der Waals surface area (Å²) in [4.78, 5) is 28.8. The summed E-state index contributed by atoms with van der Waals surface area (Å²) in [5.74, 6) is 0.219. The van der Waals surface area contributed by atoms with Crippen LogP contribution in [0.1, 0.15) is 30.1 Å². The number of sulfone groups is 1. The summed E-state index contributed by atoms with van der Waals surface area (Å²) in [5, 5.41) is 1.11. The van der Waals surface area contributed by atoms with E-state index in [-0.39, 0.29) is 16.4 Å². The van der Waals surface area contributed by atoms with E-state index in [0.29, 0.717) is 27.0 Å². The molecule has 2 atom stereocenters. The Morgan fingerprint density at radius 1 is 0.811 bits per heavy atom. The molecule has 5 rings (SSSR count). The fourth-order valence-electron chi connectivity index (χ4n) is 4.89. The third-order valence-corrected chi connectivity index (χ3v) is 8.15. The predicted octanol–water partition coefficient (Wildman–Crippen LogP) is 5.92. The number of aromatic nitrogens is 1. The van der Waals surface area contributed by atoms with Crippen LogP contribution in [-0.2, 0) is 14.6 Å². The van der Waals surface area contributed by atoms with Crippen LogP contribution in [0.4, 0.5) is 5.82 Å². The fourth-order valence-corrected chi connectivity index (χ4v) is 5.81. The molecule has 0 unspecified atom stereocenters. The molecule has 37 heavy (non-hydrogen) atoms. The molecule has 2 heterocycles. The molecule has 1 amide bonds. The maximum atomic E-state index is 14.1. The van der Waals surface area contributed by atoms with Gasteiger partial charge in [0.1, 0.15) is 5.82 Å². The zero-order valence-corrected chi connectivity index (χ0v) is 22.3. The van der Waals surface area contributed by atoms with Gasteiger partial charge in [-0.3, -0.25) is 19.1 Å². The van der Waals surface area contributed by atoms with E-state index in [0.717, 1.165) is 17.4 Å². The Morgan fingerprint density at radius 2 is 1.38 bits per heavy atom. The second-order valence-electron chi connectivity index (χ2n) is 8.96. The monoisotopic (exact) mass is 552 g/mol. The van der Waals surface area contributed by atoms with E-state index >= 15 is 0 Å². The minimum atomic E-state index is -3.47. The van der Waals surface area contributed by atoms with E-state index in [1.165, 1.54) is 19.1 Å². The van der Waals surface area contributed by atoms with Gasteiger partial charge in [0, 0.05) is 28.8 Å². The lowest BCUT2D eigenvalue weighted by Crippen LogP contribution is -2.31. The highest BCUT2D eigenvalue weighted by Crippen LogP contribution is 2.47. The average Bonchev–Trinajstić information content (AvgIpc) is 3.21. The Labute approximate surface area is 224 Å². The van der Waals surface area contributed by atoms with E-state index in [1.807, 2.05) is 24.3 Å². The van der Waals surface area contributed by atoms with Gasteiger partial charge >= 0.3 is 0 Å². The van der Waals surface area contributed by atoms with E-state index < -0.39 is 21.9 Å². The van der Waals surface area contributed by atoms with Crippen LogP contribution < -0.4 is 10.5 Å². The second kappa shape index (κ2) is 9.49. The van der Waals surface area contributed by atoms with E-state index in [4.69, 9.17) is 23.2 Å². The molecule has 0 saturated heterocycles. The lowest BCUT2D eigenvalue weighted by Gasteiger charge is -2.27. The summed E-state index contributed by atoms with van der Waals surface area (Å²) in [6.45, 7) is 1.46. The first-order valence-corrected chi connectivity index (χ1v) is 14.1. The summed E-state index contributed by atoms with van der Waals surface area (Å²) in [6, 6.07) is 22.9. The number of rotatable bonds is 4. The highest BCUT2D eigenvalue weighted by Gasteiger charge is 2.43. The molecule has 0 saturated carbocycles. The molecule has 188 valence electrons. The molecule has 6 nitrogen and oxygen atoms in total. The van der Waals surface area contributed by atoms with E-state index in [1.54, 1.807) is 58.0 Å². The zero-order valence-electron chi connectivity index (χ0n) is 19.9. The molecule has 0 bridgehead atoms. The SMILES string of the molecule is CC(=O)N1c2ccc(-c3cccc(S(C)(=O)=O)c3)c(=O)n2[C@@H](c2ccc(Cl)cc2)[C@H]1c1ccc(Cl)cc1. The molecule has 3 aromatic carbocycles. The molecule has 4 aromatic rings. The van der Waals surface area contributed by atoms with Crippen molar-refractivity contribution in [3.8, 4) is 11.1 Å². The van der Waals surface area contributed by atoms with Crippen LogP contribution >= 0.6 is 23.2 Å². The van der Waals surface area contributed by atoms with Gasteiger partial charge in [-0.2, -0.15) is 0 Å². The lowest BCUT2D eigenvalue weighted by molar-refractivity contribution is -0.117. The van der Waals surface area contributed by atoms with Gasteiger partial charge in [0.15, 0.2) is 9.84 Å². The van der Waals surface area contributed by atoms with E-state index in [9.17, 15) is 18.0 Å². The van der Waals surface area contributed by atoms with Gasteiger partial charge in [0.25, 0.3) is 5.56 Å². The molecule has 0 N–H and O–H groups in total. The molecular weight excluding hydrogens is 531 g/mol. The molecule has 0 radical (unpaired) electrons. The van der Waals surface area contributed by atoms with Crippen LogP contribution in [-0.4, -0.2) is 25.1 Å². The van der Waals surface area contributed by atoms with Crippen LogP contribution in [0.25, 0.3) is 11.1 Å². The summed E-state index contributed by atoms with van der Waals surface area (Å²) < 4.78 is 25.9. The Balaban J connectivity index is 1.78. The summed E-state index contributed by atoms with van der Waals surface area (Å²) >= 11 is 12.3. The number of nitrogens with zero attached hydrogens (tertiary/aromatic N) is 2. The number of hydrogen-bond donors (Lipinski definition) is 0. The normalized spacial score (nSPS) is 17.0. The number of fused-ring (bicyclic) bond motifs is 1. The number of anilines is 1. The highest BCUT2D eigenvalue weighted by atomic mass is 35.5. The molecule has 9 heteroatoms. The zero-order chi connectivity index (χ0) is 26.5. The maximum Gasteiger partial charge on any atom is 0.260 e. The number of benzene rings is 3. The van der Waals surface area contributed by atoms with Gasteiger partial charge in [0.05, 0.1) is 17.0 Å². The van der Waals surface area contributed by atoms with Crippen LogP contribution in [0.15, 0.2) is 94.6 Å². The number of carbonyl (C=O) groups is 1.